The highest BCUT2D eigenvalue weighted by Gasteiger charge is 2.32. The number of aromatic nitrogens is 5. The van der Waals surface area contributed by atoms with Gasteiger partial charge in [0.05, 0.1) is 17.8 Å². The molecule has 1 aliphatic rings. The van der Waals surface area contributed by atoms with Gasteiger partial charge in [0, 0.05) is 23.4 Å². The van der Waals surface area contributed by atoms with Crippen molar-refractivity contribution < 1.29 is 4.79 Å². The third-order valence-corrected chi connectivity index (χ3v) is 6.28. The summed E-state index contributed by atoms with van der Waals surface area (Å²) in [6.07, 6.45) is 2.30. The minimum Gasteiger partial charge on any atom is -0.334 e. The SMILES string of the molecule is O=C(NCc1ccccc1)Nc1n[nH]c2ccc(-c3nnn(Cc4ccccc4)c3C3CC3)cc12. The van der Waals surface area contributed by atoms with Crippen LogP contribution >= 0.6 is 0 Å². The summed E-state index contributed by atoms with van der Waals surface area (Å²) in [6, 6.07) is 25.8. The van der Waals surface area contributed by atoms with Crippen LogP contribution in [0, 0.1) is 0 Å². The largest absolute Gasteiger partial charge is 0.334 e. The quantitative estimate of drug-likeness (QED) is 0.314. The third kappa shape index (κ3) is 4.50. The Labute approximate surface area is 202 Å². The second-order valence-corrected chi connectivity index (χ2v) is 8.87. The molecule has 1 fully saturated rings. The molecule has 1 aliphatic carbocycles. The van der Waals surface area contributed by atoms with E-state index in [0.717, 1.165) is 40.6 Å². The van der Waals surface area contributed by atoms with Gasteiger partial charge in [0.1, 0.15) is 5.69 Å². The summed E-state index contributed by atoms with van der Waals surface area (Å²) in [6.45, 7) is 1.14. The van der Waals surface area contributed by atoms with Gasteiger partial charge in [-0.1, -0.05) is 71.9 Å². The highest BCUT2D eigenvalue weighted by atomic mass is 16.2. The van der Waals surface area contributed by atoms with Crippen LogP contribution in [0.5, 0.6) is 0 Å². The molecular weight excluding hydrogens is 438 g/mol. The molecule has 0 radical (unpaired) electrons. The summed E-state index contributed by atoms with van der Waals surface area (Å²) in [5.74, 6) is 0.960. The van der Waals surface area contributed by atoms with E-state index in [9.17, 15) is 4.79 Å². The van der Waals surface area contributed by atoms with Crippen LogP contribution in [-0.4, -0.2) is 31.2 Å². The monoisotopic (exact) mass is 463 g/mol. The van der Waals surface area contributed by atoms with Crippen molar-refractivity contribution in [3.8, 4) is 11.3 Å². The molecule has 8 nitrogen and oxygen atoms in total. The number of H-pyrrole nitrogens is 1. The lowest BCUT2D eigenvalue weighted by molar-refractivity contribution is 0.251. The predicted molar refractivity (Wildman–Crippen MR) is 135 cm³/mol. The van der Waals surface area contributed by atoms with Gasteiger partial charge in [-0.25, -0.2) is 9.48 Å². The standard InChI is InChI=1S/C27H25N7O/c35-27(28-16-18-7-3-1-4-8-18)29-26-22-15-21(13-14-23(22)30-32-26)24-25(20-11-12-20)34(33-31-24)17-19-9-5-2-6-10-19/h1-10,13-15,20H,11-12,16-17H2,(H3,28,29,30,32,35). The first-order chi connectivity index (χ1) is 17.2. The molecule has 0 unspecified atom stereocenters. The zero-order chi connectivity index (χ0) is 23.6. The number of hydrogen-bond acceptors (Lipinski definition) is 4. The summed E-state index contributed by atoms with van der Waals surface area (Å²) in [5.41, 5.74) is 6.11. The average molecular weight is 464 g/mol. The number of aromatic amines is 1. The fourth-order valence-electron chi connectivity index (χ4n) is 4.35. The maximum atomic E-state index is 12.5. The van der Waals surface area contributed by atoms with Crippen LogP contribution in [0.25, 0.3) is 22.2 Å². The van der Waals surface area contributed by atoms with E-state index in [4.69, 9.17) is 0 Å². The zero-order valence-corrected chi connectivity index (χ0v) is 19.1. The van der Waals surface area contributed by atoms with Crippen molar-refractivity contribution >= 4 is 22.8 Å². The number of hydrogen-bond donors (Lipinski definition) is 3. The molecule has 0 saturated heterocycles. The van der Waals surface area contributed by atoms with E-state index in [1.807, 2.05) is 71.4 Å². The highest BCUT2D eigenvalue weighted by molar-refractivity contribution is 6.00. The second-order valence-electron chi connectivity index (χ2n) is 8.87. The molecule has 2 heterocycles. The number of carbonyl (C=O) groups is 1. The minimum absolute atomic E-state index is 0.305. The highest BCUT2D eigenvalue weighted by Crippen LogP contribution is 2.44. The Balaban J connectivity index is 1.26. The summed E-state index contributed by atoms with van der Waals surface area (Å²) in [4.78, 5) is 12.5. The van der Waals surface area contributed by atoms with Gasteiger partial charge in [-0.05, 0) is 36.1 Å². The third-order valence-electron chi connectivity index (χ3n) is 6.28. The zero-order valence-electron chi connectivity index (χ0n) is 19.1. The van der Waals surface area contributed by atoms with Crippen LogP contribution in [0.1, 0.15) is 35.6 Å². The van der Waals surface area contributed by atoms with Crippen LogP contribution in [-0.2, 0) is 13.1 Å². The number of nitrogens with zero attached hydrogens (tertiary/aromatic N) is 4. The molecule has 0 spiro atoms. The predicted octanol–water partition coefficient (Wildman–Crippen LogP) is 5.07. The van der Waals surface area contributed by atoms with E-state index in [0.29, 0.717) is 24.8 Å². The summed E-state index contributed by atoms with van der Waals surface area (Å²) in [5, 5.41) is 23.0. The van der Waals surface area contributed by atoms with Gasteiger partial charge in [-0.15, -0.1) is 5.10 Å². The molecule has 35 heavy (non-hydrogen) atoms. The minimum atomic E-state index is -0.305. The fourth-order valence-corrected chi connectivity index (χ4v) is 4.35. The average Bonchev–Trinajstić information content (AvgIpc) is 3.54. The lowest BCUT2D eigenvalue weighted by atomic mass is 10.1. The topological polar surface area (TPSA) is 101 Å². The molecule has 5 aromatic rings. The van der Waals surface area contributed by atoms with Crippen molar-refractivity contribution in [3.63, 3.8) is 0 Å². The Bertz CT molecular complexity index is 1470. The van der Waals surface area contributed by atoms with E-state index in [-0.39, 0.29) is 6.03 Å². The van der Waals surface area contributed by atoms with Gasteiger partial charge in [0.2, 0.25) is 0 Å². The molecule has 0 bridgehead atoms. The van der Waals surface area contributed by atoms with Gasteiger partial charge in [0.15, 0.2) is 5.82 Å². The number of nitrogens with one attached hydrogen (secondary N) is 3. The molecule has 174 valence electrons. The van der Waals surface area contributed by atoms with Gasteiger partial charge >= 0.3 is 6.03 Å². The lowest BCUT2D eigenvalue weighted by Crippen LogP contribution is -2.28. The normalized spacial score (nSPS) is 13.1. The van der Waals surface area contributed by atoms with E-state index >= 15 is 0 Å². The molecule has 2 amide bonds. The molecular formula is C27H25N7O. The van der Waals surface area contributed by atoms with Gasteiger partial charge in [-0.3, -0.25) is 10.4 Å². The number of benzene rings is 3. The van der Waals surface area contributed by atoms with E-state index < -0.39 is 0 Å². The fraction of sp³-hybridized carbons (Fsp3) is 0.185. The first-order valence-corrected chi connectivity index (χ1v) is 11.8. The Kier molecular flexibility index (Phi) is 5.46. The maximum absolute atomic E-state index is 12.5. The summed E-state index contributed by atoms with van der Waals surface area (Å²) < 4.78 is 2.03. The molecule has 3 N–H and O–H groups in total. The Morgan fingerprint density at radius 2 is 1.71 bits per heavy atom. The van der Waals surface area contributed by atoms with Crippen LogP contribution in [0.15, 0.2) is 78.9 Å². The molecule has 0 atom stereocenters. The van der Waals surface area contributed by atoms with Gasteiger partial charge < -0.3 is 5.32 Å². The van der Waals surface area contributed by atoms with E-state index in [2.05, 4.69) is 43.3 Å². The molecule has 6 rings (SSSR count). The number of anilines is 1. The number of amides is 2. The van der Waals surface area contributed by atoms with E-state index in [1.54, 1.807) is 0 Å². The lowest BCUT2D eigenvalue weighted by Gasteiger charge is -2.08. The van der Waals surface area contributed by atoms with Crippen molar-refractivity contribution in [1.82, 2.24) is 30.5 Å². The van der Waals surface area contributed by atoms with Crippen molar-refractivity contribution in [1.29, 1.82) is 0 Å². The summed E-state index contributed by atoms with van der Waals surface area (Å²) in [7, 11) is 0. The first-order valence-electron chi connectivity index (χ1n) is 11.8. The summed E-state index contributed by atoms with van der Waals surface area (Å²) >= 11 is 0. The first kappa shape index (κ1) is 21.1. The Morgan fingerprint density at radius 1 is 0.971 bits per heavy atom. The van der Waals surface area contributed by atoms with Crippen LogP contribution in [0.4, 0.5) is 10.6 Å². The van der Waals surface area contributed by atoms with Gasteiger partial charge in [-0.2, -0.15) is 5.10 Å². The molecule has 3 aromatic carbocycles. The Hall–Kier alpha value is -4.46. The number of carbonyl (C=O) groups excluding carboxylic acids is 1. The molecule has 1 saturated carbocycles. The Morgan fingerprint density at radius 3 is 2.46 bits per heavy atom. The van der Waals surface area contributed by atoms with Crippen LogP contribution < -0.4 is 10.6 Å². The van der Waals surface area contributed by atoms with Crippen molar-refractivity contribution in [2.75, 3.05) is 5.32 Å². The van der Waals surface area contributed by atoms with Crippen molar-refractivity contribution in [2.24, 2.45) is 0 Å². The van der Waals surface area contributed by atoms with Crippen molar-refractivity contribution in [2.45, 2.75) is 31.8 Å². The molecule has 2 aromatic heterocycles. The van der Waals surface area contributed by atoms with Gasteiger partial charge in [0.25, 0.3) is 0 Å². The smallest absolute Gasteiger partial charge is 0.320 e. The number of urea groups is 1. The molecule has 8 heteroatoms. The number of rotatable bonds is 7. The second kappa shape index (κ2) is 9.06. The van der Waals surface area contributed by atoms with Crippen molar-refractivity contribution in [3.05, 3.63) is 95.7 Å². The number of fused-ring (bicyclic) bond motifs is 1. The van der Waals surface area contributed by atoms with Crippen LogP contribution in [0.2, 0.25) is 0 Å². The maximum Gasteiger partial charge on any atom is 0.320 e. The molecule has 0 aliphatic heterocycles. The van der Waals surface area contributed by atoms with E-state index in [1.165, 1.54) is 11.3 Å². The van der Waals surface area contributed by atoms with Crippen LogP contribution in [0.3, 0.4) is 0 Å².